The Bertz CT molecular complexity index is 1670. The molecular formula is C35H39F3N6O2S. The van der Waals surface area contributed by atoms with Crippen LogP contribution in [0.1, 0.15) is 56.2 Å². The molecule has 3 aromatic carbocycles. The number of aromatic nitrogens is 3. The van der Waals surface area contributed by atoms with Gasteiger partial charge in [0, 0.05) is 29.6 Å². The third-order valence-corrected chi connectivity index (χ3v) is 8.82. The molecule has 4 aromatic rings. The first kappa shape index (κ1) is 34.0. The number of carbonyl (C=O) groups is 1. The van der Waals surface area contributed by atoms with Gasteiger partial charge in [-0.2, -0.15) is 4.99 Å². The molecule has 2 amide bonds. The van der Waals surface area contributed by atoms with Crippen LogP contribution in [0, 0.1) is 6.92 Å². The number of unbranched alkanes of at least 4 members (excludes halogenated alkanes) is 1. The summed E-state index contributed by atoms with van der Waals surface area (Å²) in [5, 5.41) is 8.19. The summed E-state index contributed by atoms with van der Waals surface area (Å²) in [5.41, 5.74) is 6.17. The molecule has 1 aromatic heterocycles. The number of aliphatic imine (C=N–C) groups is 1. The summed E-state index contributed by atoms with van der Waals surface area (Å²) >= 11 is 1.64. The number of rotatable bonds is 11. The maximum Gasteiger partial charge on any atom is 0.573 e. The molecular weight excluding hydrogens is 625 g/mol. The fraction of sp³-hybridized carbons (Fsp3) is 0.371. The Labute approximate surface area is 277 Å². The first-order chi connectivity index (χ1) is 22.6. The number of nitrogens with zero attached hydrogens (tertiary/aromatic N) is 5. The zero-order valence-corrected chi connectivity index (χ0v) is 27.6. The van der Waals surface area contributed by atoms with Crippen LogP contribution in [0.2, 0.25) is 0 Å². The van der Waals surface area contributed by atoms with Gasteiger partial charge in [-0.3, -0.25) is 0 Å². The molecule has 1 N–H and O–H groups in total. The Kier molecular flexibility index (Phi) is 11.2. The summed E-state index contributed by atoms with van der Waals surface area (Å²) in [5.74, 6) is 1.14. The van der Waals surface area contributed by atoms with Crippen molar-refractivity contribution in [3.05, 3.63) is 89.7 Å². The van der Waals surface area contributed by atoms with Gasteiger partial charge in [-0.1, -0.05) is 61.5 Å². The number of carbonyl (C=O) groups excluding carboxylic acids is 1. The lowest BCUT2D eigenvalue weighted by atomic mass is 10.0. The minimum atomic E-state index is -4.74. The van der Waals surface area contributed by atoms with E-state index in [9.17, 15) is 18.0 Å². The van der Waals surface area contributed by atoms with Crippen molar-refractivity contribution in [3.63, 3.8) is 0 Å². The van der Waals surface area contributed by atoms with Crippen molar-refractivity contribution in [1.29, 1.82) is 0 Å². The second kappa shape index (κ2) is 15.5. The van der Waals surface area contributed by atoms with Crippen molar-refractivity contribution in [2.75, 3.05) is 17.2 Å². The van der Waals surface area contributed by atoms with E-state index in [1.165, 1.54) is 46.4 Å². The van der Waals surface area contributed by atoms with Gasteiger partial charge in [0.1, 0.15) is 12.1 Å². The highest BCUT2D eigenvalue weighted by molar-refractivity contribution is 8.14. The highest BCUT2D eigenvalue weighted by Gasteiger charge is 2.31. The lowest BCUT2D eigenvalue weighted by Gasteiger charge is -2.37. The van der Waals surface area contributed by atoms with Crippen LogP contribution in [-0.2, 0) is 12.8 Å². The number of amides is 2. The molecule has 12 heteroatoms. The molecule has 5 rings (SSSR count). The van der Waals surface area contributed by atoms with Crippen molar-refractivity contribution in [2.45, 2.75) is 71.7 Å². The molecule has 0 saturated carbocycles. The number of nitrogens with one attached hydrogen (secondary N) is 1. The quantitative estimate of drug-likeness (QED) is 0.162. The van der Waals surface area contributed by atoms with Crippen LogP contribution in [0.5, 0.6) is 5.75 Å². The van der Waals surface area contributed by atoms with Crippen molar-refractivity contribution >= 4 is 28.6 Å². The number of amidine groups is 1. The summed E-state index contributed by atoms with van der Waals surface area (Å²) in [6.07, 6.45) is 2.42. The number of halogens is 3. The smallest absolute Gasteiger partial charge is 0.406 e. The first-order valence-electron chi connectivity index (χ1n) is 15.8. The topological polar surface area (TPSA) is 84.6 Å². The fourth-order valence-corrected chi connectivity index (χ4v) is 6.64. The highest BCUT2D eigenvalue weighted by atomic mass is 32.2. The van der Waals surface area contributed by atoms with Gasteiger partial charge in [-0.05, 0) is 93.0 Å². The predicted octanol–water partition coefficient (Wildman–Crippen LogP) is 8.51. The monoisotopic (exact) mass is 664 g/mol. The van der Waals surface area contributed by atoms with Gasteiger partial charge < -0.3 is 15.0 Å². The van der Waals surface area contributed by atoms with E-state index in [0.29, 0.717) is 18.1 Å². The largest absolute Gasteiger partial charge is 0.573 e. The van der Waals surface area contributed by atoms with Gasteiger partial charge in [-0.25, -0.2) is 14.5 Å². The minimum Gasteiger partial charge on any atom is -0.406 e. The summed E-state index contributed by atoms with van der Waals surface area (Å²) in [4.78, 5) is 23.9. The molecule has 47 heavy (non-hydrogen) atoms. The molecule has 1 aliphatic rings. The number of alkyl halides is 3. The second-order valence-corrected chi connectivity index (χ2v) is 12.6. The number of hydrogen-bond donors (Lipinski definition) is 1. The number of ether oxygens (including phenoxy) is 1. The Morgan fingerprint density at radius 3 is 2.55 bits per heavy atom. The SMILES string of the molecule is CCCc1ccc(C)cc1N1/C(=N/C(=O)NCCCCc2ccc(-c3ncn(-c4ccc(OC(F)(F)F)cc4)n3)cc2)SCCC1C. The summed E-state index contributed by atoms with van der Waals surface area (Å²) < 4.78 is 42.7. The van der Waals surface area contributed by atoms with Crippen molar-refractivity contribution in [3.8, 4) is 22.8 Å². The van der Waals surface area contributed by atoms with E-state index in [0.717, 1.165) is 66.3 Å². The van der Waals surface area contributed by atoms with E-state index in [1.807, 2.05) is 24.3 Å². The molecule has 0 spiro atoms. The molecule has 1 fully saturated rings. The van der Waals surface area contributed by atoms with Crippen molar-refractivity contribution < 1.29 is 22.7 Å². The molecule has 1 unspecified atom stereocenters. The van der Waals surface area contributed by atoms with Crippen molar-refractivity contribution in [1.82, 2.24) is 20.1 Å². The Balaban J connectivity index is 1.10. The van der Waals surface area contributed by atoms with E-state index in [2.05, 4.69) is 69.0 Å². The third-order valence-electron chi connectivity index (χ3n) is 7.84. The number of urea groups is 1. The fourth-order valence-electron chi connectivity index (χ4n) is 5.43. The zero-order chi connectivity index (χ0) is 33.4. The Morgan fingerprint density at radius 1 is 1.06 bits per heavy atom. The minimum absolute atomic E-state index is 0.264. The summed E-state index contributed by atoms with van der Waals surface area (Å²) in [6.45, 7) is 7.02. The van der Waals surface area contributed by atoms with Gasteiger partial charge in [0.05, 0.1) is 5.69 Å². The predicted molar refractivity (Wildman–Crippen MR) is 181 cm³/mol. The first-order valence-corrected chi connectivity index (χ1v) is 16.8. The number of benzene rings is 3. The van der Waals surface area contributed by atoms with Gasteiger partial charge >= 0.3 is 12.4 Å². The zero-order valence-electron chi connectivity index (χ0n) is 26.8. The maximum absolute atomic E-state index is 12.8. The number of thioether (sulfide) groups is 1. The van der Waals surface area contributed by atoms with E-state index < -0.39 is 6.36 Å². The summed E-state index contributed by atoms with van der Waals surface area (Å²) in [7, 11) is 0. The molecule has 248 valence electrons. The lowest BCUT2D eigenvalue weighted by Crippen LogP contribution is -2.42. The number of anilines is 1. The van der Waals surface area contributed by atoms with Crippen LogP contribution in [0.25, 0.3) is 17.1 Å². The molecule has 1 saturated heterocycles. The van der Waals surface area contributed by atoms with Crippen LogP contribution < -0.4 is 15.0 Å². The van der Waals surface area contributed by atoms with Crippen LogP contribution in [0.15, 0.2) is 78.0 Å². The van der Waals surface area contributed by atoms with E-state index in [-0.39, 0.29) is 17.8 Å². The van der Waals surface area contributed by atoms with Crippen LogP contribution in [0.3, 0.4) is 0 Å². The van der Waals surface area contributed by atoms with Crippen LogP contribution in [-0.4, -0.2) is 50.7 Å². The van der Waals surface area contributed by atoms with E-state index >= 15 is 0 Å². The van der Waals surface area contributed by atoms with Crippen LogP contribution >= 0.6 is 11.8 Å². The van der Waals surface area contributed by atoms with E-state index in [1.54, 1.807) is 11.8 Å². The Hall–Kier alpha value is -4.32. The normalized spacial score (nSPS) is 16.0. The molecule has 0 radical (unpaired) electrons. The van der Waals surface area contributed by atoms with Gasteiger partial charge in [0.15, 0.2) is 11.0 Å². The van der Waals surface area contributed by atoms with Crippen molar-refractivity contribution in [2.24, 2.45) is 4.99 Å². The van der Waals surface area contributed by atoms with E-state index in [4.69, 9.17) is 0 Å². The molecule has 8 nitrogen and oxygen atoms in total. The molecule has 1 aliphatic heterocycles. The third kappa shape index (κ3) is 9.37. The number of aryl methyl sites for hydroxylation is 3. The molecule has 0 aliphatic carbocycles. The standard InChI is InChI=1S/C35H39F3N6O2S/c1-4-7-27-12-9-24(2)22-31(27)44-25(3)19-21-47-34(44)41-33(45)39-20-6-5-8-26-10-13-28(14-11-26)32-40-23-43(42-32)29-15-17-30(18-16-29)46-35(36,37)38/h9-18,22-23,25H,4-8,19-21H2,1-3H3,(H,39,45)/b41-34-. The lowest BCUT2D eigenvalue weighted by molar-refractivity contribution is -0.274. The molecule has 1 atom stereocenters. The van der Waals surface area contributed by atoms with Gasteiger partial charge in [0.25, 0.3) is 0 Å². The Morgan fingerprint density at radius 2 is 1.83 bits per heavy atom. The van der Waals surface area contributed by atoms with Crippen LogP contribution in [0.4, 0.5) is 23.7 Å². The average Bonchev–Trinajstić information content (AvgIpc) is 3.52. The molecule has 0 bridgehead atoms. The highest BCUT2D eigenvalue weighted by Crippen LogP contribution is 2.33. The average molecular weight is 665 g/mol. The van der Waals surface area contributed by atoms with Gasteiger partial charge in [-0.15, -0.1) is 18.3 Å². The molecule has 2 heterocycles. The summed E-state index contributed by atoms with van der Waals surface area (Å²) in [6, 6.07) is 19.9. The maximum atomic E-state index is 12.8. The van der Waals surface area contributed by atoms with Gasteiger partial charge in [0.2, 0.25) is 0 Å². The second-order valence-electron chi connectivity index (χ2n) is 11.6. The number of hydrogen-bond acceptors (Lipinski definition) is 5.